The van der Waals surface area contributed by atoms with Crippen molar-refractivity contribution >= 4 is 22.7 Å². The monoisotopic (exact) mass is 275 g/mol. The van der Waals surface area contributed by atoms with Crippen molar-refractivity contribution < 1.29 is 0 Å². The predicted molar refractivity (Wildman–Crippen MR) is 76.8 cm³/mol. The second-order valence-electron chi connectivity index (χ2n) is 4.20. The van der Waals surface area contributed by atoms with Gasteiger partial charge in [-0.1, -0.05) is 6.07 Å². The molecule has 3 aromatic heterocycles. The Morgan fingerprint density at radius 3 is 2.61 bits per heavy atom. The third kappa shape index (κ3) is 1.79. The van der Waals surface area contributed by atoms with Gasteiger partial charge >= 0.3 is 0 Å². The molecule has 0 aliphatic heterocycles. The smallest absolute Gasteiger partial charge is 0.211 e. The van der Waals surface area contributed by atoms with E-state index in [2.05, 4.69) is 40.8 Å². The fraction of sp³-hybridized carbons (Fsp3) is 0.231. The molecule has 3 nitrogen and oxygen atoms in total. The molecule has 0 N–H and O–H groups in total. The summed E-state index contributed by atoms with van der Waals surface area (Å²) >= 11 is 3.34. The molecule has 3 aromatic rings. The van der Waals surface area contributed by atoms with E-state index in [-0.39, 0.29) is 0 Å². The molecular weight excluding hydrogens is 262 g/mol. The van der Waals surface area contributed by atoms with Crippen LogP contribution in [0.3, 0.4) is 0 Å². The Hall–Kier alpha value is -1.46. The minimum atomic E-state index is 0.937. The largest absolute Gasteiger partial charge is 0.217 e. The van der Waals surface area contributed by atoms with E-state index in [1.807, 2.05) is 17.7 Å². The summed E-state index contributed by atoms with van der Waals surface area (Å²) in [5.41, 5.74) is 4.51. The van der Waals surface area contributed by atoms with Gasteiger partial charge in [0, 0.05) is 11.1 Å². The predicted octanol–water partition coefficient (Wildman–Crippen LogP) is 3.98. The topological polar surface area (TPSA) is 30.7 Å². The molecule has 0 bridgehead atoms. The van der Waals surface area contributed by atoms with Crippen LogP contribution in [0.1, 0.15) is 17.0 Å². The number of aromatic nitrogens is 3. The lowest BCUT2D eigenvalue weighted by Crippen LogP contribution is -1.98. The van der Waals surface area contributed by atoms with Gasteiger partial charge in [0.2, 0.25) is 5.13 Å². The maximum absolute atomic E-state index is 4.67. The van der Waals surface area contributed by atoms with Crippen LogP contribution in [0.2, 0.25) is 0 Å². The molecule has 92 valence electrons. The van der Waals surface area contributed by atoms with E-state index in [0.717, 1.165) is 16.5 Å². The first-order chi connectivity index (χ1) is 8.66. The number of thiazole rings is 1. The quantitative estimate of drug-likeness (QED) is 0.708. The van der Waals surface area contributed by atoms with Gasteiger partial charge in [-0.3, -0.25) is 0 Å². The Morgan fingerprint density at radius 1 is 1.17 bits per heavy atom. The minimum absolute atomic E-state index is 0.937. The lowest BCUT2D eigenvalue weighted by atomic mass is 10.2. The fourth-order valence-electron chi connectivity index (χ4n) is 1.81. The maximum atomic E-state index is 4.67. The van der Waals surface area contributed by atoms with Crippen LogP contribution < -0.4 is 0 Å². The first kappa shape index (κ1) is 11.6. The van der Waals surface area contributed by atoms with Crippen LogP contribution >= 0.6 is 22.7 Å². The summed E-state index contributed by atoms with van der Waals surface area (Å²) in [4.78, 5) is 5.87. The molecule has 3 rings (SSSR count). The lowest BCUT2D eigenvalue weighted by molar-refractivity contribution is 0.825. The van der Waals surface area contributed by atoms with Gasteiger partial charge < -0.3 is 0 Å². The van der Waals surface area contributed by atoms with Crippen LogP contribution in [0, 0.1) is 20.8 Å². The molecule has 18 heavy (non-hydrogen) atoms. The Morgan fingerprint density at radius 2 is 2.00 bits per heavy atom. The number of rotatable bonds is 2. The summed E-state index contributed by atoms with van der Waals surface area (Å²) in [6.45, 7) is 6.22. The summed E-state index contributed by atoms with van der Waals surface area (Å²) in [7, 11) is 0. The average Bonchev–Trinajstić information content (AvgIpc) is 3.05. The molecule has 0 atom stereocenters. The number of aryl methyl sites for hydroxylation is 1. The number of hydrogen-bond donors (Lipinski definition) is 0. The van der Waals surface area contributed by atoms with Crippen molar-refractivity contribution in [2.45, 2.75) is 20.8 Å². The van der Waals surface area contributed by atoms with E-state index < -0.39 is 0 Å². The van der Waals surface area contributed by atoms with Crippen LogP contribution in [-0.4, -0.2) is 14.8 Å². The summed E-state index contributed by atoms with van der Waals surface area (Å²) in [5, 5.41) is 9.64. The molecule has 0 unspecified atom stereocenters. The van der Waals surface area contributed by atoms with Crippen molar-refractivity contribution in [1.82, 2.24) is 14.8 Å². The van der Waals surface area contributed by atoms with Gasteiger partial charge in [0.05, 0.1) is 16.3 Å². The van der Waals surface area contributed by atoms with Crippen molar-refractivity contribution in [3.8, 4) is 15.7 Å². The van der Waals surface area contributed by atoms with E-state index in [1.165, 1.54) is 16.1 Å². The third-order valence-corrected chi connectivity index (χ3v) is 4.81. The molecule has 0 saturated heterocycles. The second-order valence-corrected chi connectivity index (χ2v) is 5.98. The van der Waals surface area contributed by atoms with Crippen molar-refractivity contribution in [3.63, 3.8) is 0 Å². The van der Waals surface area contributed by atoms with Gasteiger partial charge in [0.25, 0.3) is 0 Å². The zero-order valence-electron chi connectivity index (χ0n) is 10.5. The lowest BCUT2D eigenvalue weighted by Gasteiger charge is -1.98. The first-order valence-corrected chi connectivity index (χ1v) is 7.45. The Balaban J connectivity index is 2.06. The van der Waals surface area contributed by atoms with Gasteiger partial charge in [0.1, 0.15) is 0 Å². The van der Waals surface area contributed by atoms with Gasteiger partial charge in [-0.25, -0.2) is 9.67 Å². The highest BCUT2D eigenvalue weighted by Crippen LogP contribution is 2.28. The third-order valence-electron chi connectivity index (χ3n) is 3.10. The molecule has 0 fully saturated rings. The van der Waals surface area contributed by atoms with Crippen molar-refractivity contribution in [3.05, 3.63) is 39.8 Å². The van der Waals surface area contributed by atoms with E-state index in [1.54, 1.807) is 22.7 Å². The summed E-state index contributed by atoms with van der Waals surface area (Å²) in [6, 6.07) is 4.14. The normalized spacial score (nSPS) is 11.1. The van der Waals surface area contributed by atoms with E-state index in [9.17, 15) is 0 Å². The van der Waals surface area contributed by atoms with Crippen molar-refractivity contribution in [2.75, 3.05) is 0 Å². The number of nitrogens with zero attached hydrogens (tertiary/aromatic N) is 3. The molecule has 0 saturated carbocycles. The van der Waals surface area contributed by atoms with Gasteiger partial charge in [-0.15, -0.1) is 22.7 Å². The van der Waals surface area contributed by atoms with E-state index in [0.29, 0.717) is 0 Å². The zero-order chi connectivity index (χ0) is 12.7. The maximum Gasteiger partial charge on any atom is 0.211 e. The van der Waals surface area contributed by atoms with Gasteiger partial charge in [-0.2, -0.15) is 5.10 Å². The van der Waals surface area contributed by atoms with Crippen LogP contribution in [-0.2, 0) is 0 Å². The molecule has 0 aromatic carbocycles. The molecule has 0 aliphatic carbocycles. The molecular formula is C13H13N3S2. The van der Waals surface area contributed by atoms with Crippen LogP contribution in [0.4, 0.5) is 0 Å². The zero-order valence-corrected chi connectivity index (χ0v) is 12.1. The van der Waals surface area contributed by atoms with E-state index in [4.69, 9.17) is 0 Å². The standard InChI is InChI=1S/C13H13N3S2/c1-8-9(2)15-16(10(8)3)13-14-11(7-18-13)12-5-4-6-17-12/h4-7H,1-3H3. The SMILES string of the molecule is Cc1nn(-c2nc(-c3cccs3)cs2)c(C)c1C. The summed E-state index contributed by atoms with van der Waals surface area (Å²) in [6.07, 6.45) is 0. The fourth-order valence-corrected chi connectivity index (χ4v) is 3.39. The number of hydrogen-bond acceptors (Lipinski definition) is 4. The first-order valence-electron chi connectivity index (χ1n) is 5.69. The van der Waals surface area contributed by atoms with Crippen LogP contribution in [0.5, 0.6) is 0 Å². The molecule has 0 spiro atoms. The van der Waals surface area contributed by atoms with Crippen LogP contribution in [0.15, 0.2) is 22.9 Å². The Labute approximate surface area is 114 Å². The molecule has 0 aliphatic rings. The Bertz CT molecular complexity index is 677. The highest BCUT2D eigenvalue weighted by Gasteiger charge is 2.13. The van der Waals surface area contributed by atoms with Crippen molar-refractivity contribution in [1.29, 1.82) is 0 Å². The molecule has 3 heterocycles. The minimum Gasteiger partial charge on any atom is -0.217 e. The van der Waals surface area contributed by atoms with Gasteiger partial charge in [0.15, 0.2) is 0 Å². The molecule has 0 amide bonds. The molecule has 0 radical (unpaired) electrons. The van der Waals surface area contributed by atoms with Crippen molar-refractivity contribution in [2.24, 2.45) is 0 Å². The summed E-state index contributed by atoms with van der Waals surface area (Å²) in [5.74, 6) is 0. The highest BCUT2D eigenvalue weighted by atomic mass is 32.1. The number of thiophene rings is 1. The highest BCUT2D eigenvalue weighted by molar-refractivity contribution is 7.15. The Kier molecular flexibility index (Phi) is 2.80. The second kappa shape index (κ2) is 4.33. The molecule has 5 heteroatoms. The average molecular weight is 275 g/mol. The summed E-state index contributed by atoms with van der Waals surface area (Å²) < 4.78 is 1.94. The van der Waals surface area contributed by atoms with Gasteiger partial charge in [-0.05, 0) is 37.8 Å². The van der Waals surface area contributed by atoms with E-state index >= 15 is 0 Å². The van der Waals surface area contributed by atoms with Crippen LogP contribution in [0.25, 0.3) is 15.7 Å².